The standard InChI is InChI=1S/C15H20N6O2S.C2HF3O2/c1-9-18-19-15(24-9)21-6-11-10(8-23-13(11)7-21)5-16-14(22)12-3-4-17-20(12)2;3-2(4,5)1(6)7/h3-4,10-11,13H,5-8H2,1-2H3,(H,16,22);(H,6,7)/t10-,11+,13+;/m0./s1. The summed E-state index contributed by atoms with van der Waals surface area (Å²) in [6, 6.07) is 1.72. The molecule has 0 saturated carbocycles. The molecule has 170 valence electrons. The predicted molar refractivity (Wildman–Crippen MR) is 103 cm³/mol. The molecule has 3 atom stereocenters. The predicted octanol–water partition coefficient (Wildman–Crippen LogP) is 1.09. The monoisotopic (exact) mass is 462 g/mol. The average Bonchev–Trinajstić information content (AvgIpc) is 3.44. The van der Waals surface area contributed by atoms with Crippen LogP contribution in [0.3, 0.4) is 0 Å². The highest BCUT2D eigenvalue weighted by atomic mass is 32.1. The van der Waals surface area contributed by atoms with Gasteiger partial charge in [-0.25, -0.2) is 4.79 Å². The van der Waals surface area contributed by atoms with Crippen molar-refractivity contribution in [1.82, 2.24) is 25.3 Å². The quantitative estimate of drug-likeness (QED) is 0.693. The maximum Gasteiger partial charge on any atom is 0.490 e. The molecule has 4 rings (SSSR count). The molecule has 2 aromatic rings. The highest BCUT2D eigenvalue weighted by Gasteiger charge is 2.44. The second kappa shape index (κ2) is 9.18. The normalized spacial score (nSPS) is 22.6. The Bertz CT molecular complexity index is 933. The molecule has 31 heavy (non-hydrogen) atoms. The van der Waals surface area contributed by atoms with E-state index in [0.29, 0.717) is 30.7 Å². The zero-order chi connectivity index (χ0) is 22.8. The van der Waals surface area contributed by atoms with Crippen molar-refractivity contribution in [3.05, 3.63) is 23.0 Å². The van der Waals surface area contributed by atoms with Crippen LogP contribution in [0.5, 0.6) is 0 Å². The van der Waals surface area contributed by atoms with Gasteiger partial charge in [-0.1, -0.05) is 11.3 Å². The number of hydrogen-bond acceptors (Lipinski definition) is 8. The fourth-order valence-corrected chi connectivity index (χ4v) is 4.20. The Balaban J connectivity index is 0.000000339. The third-order valence-corrected chi connectivity index (χ3v) is 5.95. The molecule has 0 bridgehead atoms. The van der Waals surface area contributed by atoms with E-state index in [1.54, 1.807) is 35.3 Å². The minimum absolute atomic E-state index is 0.0898. The minimum atomic E-state index is -5.08. The molecule has 1 amide bonds. The zero-order valence-electron chi connectivity index (χ0n) is 16.7. The zero-order valence-corrected chi connectivity index (χ0v) is 17.5. The van der Waals surface area contributed by atoms with Crippen LogP contribution in [0.4, 0.5) is 18.3 Å². The summed E-state index contributed by atoms with van der Waals surface area (Å²) in [6.07, 6.45) is -3.24. The number of amides is 1. The minimum Gasteiger partial charge on any atom is -0.475 e. The number of halogens is 3. The molecule has 0 unspecified atom stereocenters. The molecular formula is C17H21F3N6O4S. The molecule has 0 aromatic carbocycles. The summed E-state index contributed by atoms with van der Waals surface area (Å²) in [6.45, 7) is 5.04. The molecule has 2 aromatic heterocycles. The summed E-state index contributed by atoms with van der Waals surface area (Å²) in [5.41, 5.74) is 0.572. The van der Waals surface area contributed by atoms with Crippen LogP contribution in [-0.4, -0.2) is 75.5 Å². The van der Waals surface area contributed by atoms with Gasteiger partial charge >= 0.3 is 12.1 Å². The summed E-state index contributed by atoms with van der Waals surface area (Å²) in [5.74, 6) is -2.10. The summed E-state index contributed by atoms with van der Waals surface area (Å²) < 4.78 is 39.3. The molecule has 0 spiro atoms. The van der Waals surface area contributed by atoms with Crippen molar-refractivity contribution < 1.29 is 32.6 Å². The summed E-state index contributed by atoms with van der Waals surface area (Å²) >= 11 is 1.61. The van der Waals surface area contributed by atoms with E-state index < -0.39 is 12.1 Å². The van der Waals surface area contributed by atoms with E-state index in [1.165, 1.54) is 0 Å². The van der Waals surface area contributed by atoms with Gasteiger partial charge in [0.15, 0.2) is 0 Å². The van der Waals surface area contributed by atoms with Crippen LogP contribution in [-0.2, 0) is 16.6 Å². The number of carbonyl (C=O) groups is 2. The van der Waals surface area contributed by atoms with Crippen molar-refractivity contribution in [3.63, 3.8) is 0 Å². The smallest absolute Gasteiger partial charge is 0.475 e. The topological polar surface area (TPSA) is 122 Å². The van der Waals surface area contributed by atoms with Gasteiger partial charge < -0.3 is 20.1 Å². The van der Waals surface area contributed by atoms with E-state index in [0.717, 1.165) is 23.2 Å². The van der Waals surface area contributed by atoms with Crippen molar-refractivity contribution >= 4 is 28.3 Å². The lowest BCUT2D eigenvalue weighted by atomic mass is 9.93. The number of rotatable bonds is 4. The molecule has 2 aliphatic heterocycles. The third kappa shape index (κ3) is 5.50. The van der Waals surface area contributed by atoms with Gasteiger partial charge in [-0.15, -0.1) is 10.2 Å². The van der Waals surface area contributed by atoms with Crippen molar-refractivity contribution in [3.8, 4) is 0 Å². The maximum absolute atomic E-state index is 12.2. The lowest BCUT2D eigenvalue weighted by molar-refractivity contribution is -0.192. The van der Waals surface area contributed by atoms with Crippen molar-refractivity contribution in [1.29, 1.82) is 0 Å². The Kier molecular flexibility index (Phi) is 6.79. The van der Waals surface area contributed by atoms with Crippen LogP contribution >= 0.6 is 11.3 Å². The highest BCUT2D eigenvalue weighted by molar-refractivity contribution is 7.15. The van der Waals surface area contributed by atoms with Gasteiger partial charge in [0.1, 0.15) is 10.7 Å². The van der Waals surface area contributed by atoms with Crippen LogP contribution in [0, 0.1) is 18.8 Å². The molecular weight excluding hydrogens is 441 g/mol. The van der Waals surface area contributed by atoms with E-state index in [1.807, 2.05) is 6.92 Å². The van der Waals surface area contributed by atoms with E-state index in [-0.39, 0.29) is 12.0 Å². The Labute approximate surface area is 179 Å². The number of aliphatic carboxylic acids is 1. The van der Waals surface area contributed by atoms with Gasteiger partial charge in [0, 0.05) is 44.7 Å². The van der Waals surface area contributed by atoms with Crippen LogP contribution in [0.2, 0.25) is 0 Å². The molecule has 0 aliphatic carbocycles. The van der Waals surface area contributed by atoms with E-state index in [2.05, 4.69) is 25.5 Å². The number of ether oxygens (including phenoxy) is 1. The van der Waals surface area contributed by atoms with Gasteiger partial charge in [0.05, 0.1) is 12.7 Å². The van der Waals surface area contributed by atoms with Crippen molar-refractivity contribution in [2.45, 2.75) is 19.2 Å². The first-order chi connectivity index (χ1) is 14.6. The average molecular weight is 462 g/mol. The number of alkyl halides is 3. The Morgan fingerprint density at radius 2 is 2.06 bits per heavy atom. The number of aromatic nitrogens is 4. The molecule has 0 radical (unpaired) electrons. The lowest BCUT2D eigenvalue weighted by Gasteiger charge is -2.19. The van der Waals surface area contributed by atoms with Gasteiger partial charge in [0.2, 0.25) is 5.13 Å². The van der Waals surface area contributed by atoms with Gasteiger partial charge in [-0.05, 0) is 13.0 Å². The van der Waals surface area contributed by atoms with Crippen LogP contribution in [0.25, 0.3) is 0 Å². The number of anilines is 1. The molecule has 4 heterocycles. The van der Waals surface area contributed by atoms with Crippen LogP contribution in [0.1, 0.15) is 15.5 Å². The first-order valence-corrected chi connectivity index (χ1v) is 10.1. The van der Waals surface area contributed by atoms with Gasteiger partial charge in [-0.3, -0.25) is 9.48 Å². The molecule has 2 N–H and O–H groups in total. The summed E-state index contributed by atoms with van der Waals surface area (Å²) in [4.78, 5) is 23.4. The van der Waals surface area contributed by atoms with E-state index in [4.69, 9.17) is 14.6 Å². The number of hydrogen-bond donors (Lipinski definition) is 2. The second-order valence-corrected chi connectivity index (χ2v) is 8.32. The van der Waals surface area contributed by atoms with Crippen molar-refractivity contribution in [2.24, 2.45) is 18.9 Å². The fraction of sp³-hybridized carbons (Fsp3) is 0.588. The summed E-state index contributed by atoms with van der Waals surface area (Å²) in [7, 11) is 1.77. The fourth-order valence-electron chi connectivity index (χ4n) is 3.49. The van der Waals surface area contributed by atoms with Gasteiger partial charge in [0.25, 0.3) is 5.91 Å². The molecule has 2 aliphatic rings. The molecule has 2 fully saturated rings. The number of fused-ring (bicyclic) bond motifs is 1. The number of aryl methyl sites for hydroxylation is 2. The summed E-state index contributed by atoms with van der Waals surface area (Å²) in [5, 5.41) is 24.4. The molecule has 10 nitrogen and oxygen atoms in total. The van der Waals surface area contributed by atoms with Crippen LogP contribution in [0.15, 0.2) is 12.3 Å². The largest absolute Gasteiger partial charge is 0.490 e. The first-order valence-electron chi connectivity index (χ1n) is 9.29. The van der Waals surface area contributed by atoms with Gasteiger partial charge in [-0.2, -0.15) is 18.3 Å². The van der Waals surface area contributed by atoms with E-state index in [9.17, 15) is 18.0 Å². The Morgan fingerprint density at radius 1 is 1.35 bits per heavy atom. The van der Waals surface area contributed by atoms with Crippen molar-refractivity contribution in [2.75, 3.05) is 31.1 Å². The maximum atomic E-state index is 12.2. The second-order valence-electron chi connectivity index (χ2n) is 7.16. The SMILES string of the molecule is Cc1nnc(N2C[C@@H]3[C@@H](CNC(=O)c4ccnn4C)CO[C@@H]3C2)s1.O=C(O)C(F)(F)F. The Hall–Kier alpha value is -2.74. The first kappa shape index (κ1) is 22.9. The number of nitrogens with zero attached hydrogens (tertiary/aromatic N) is 5. The highest BCUT2D eigenvalue weighted by Crippen LogP contribution is 2.36. The Morgan fingerprint density at radius 3 is 2.61 bits per heavy atom. The van der Waals surface area contributed by atoms with Crippen LogP contribution < -0.4 is 10.2 Å². The number of nitrogens with one attached hydrogen (secondary N) is 1. The molecule has 14 heteroatoms. The number of carboxylic acids is 1. The molecule has 2 saturated heterocycles. The van der Waals surface area contributed by atoms with E-state index >= 15 is 0 Å². The number of carboxylic acid groups (broad SMARTS) is 1. The third-order valence-electron chi connectivity index (χ3n) is 5.05. The number of carbonyl (C=O) groups excluding carboxylic acids is 1. The lowest BCUT2D eigenvalue weighted by Crippen LogP contribution is -2.35.